The van der Waals surface area contributed by atoms with Crippen LogP contribution in [0.15, 0.2) is 41.4 Å². The molecule has 2 rings (SSSR count). The number of aliphatic imine (C=N–C) groups is 1. The Bertz CT molecular complexity index is 769. The van der Waals surface area contributed by atoms with Crippen molar-refractivity contribution in [2.75, 3.05) is 33.2 Å². The molecule has 0 aliphatic carbocycles. The summed E-state index contributed by atoms with van der Waals surface area (Å²) in [7, 11) is 4.86. The van der Waals surface area contributed by atoms with Crippen LogP contribution in [0, 0.1) is 0 Å². The summed E-state index contributed by atoms with van der Waals surface area (Å²) in [5, 5.41) is 3.14. The number of benzene rings is 2. The fourth-order valence-corrected chi connectivity index (χ4v) is 2.78. The van der Waals surface area contributed by atoms with Crippen LogP contribution in [0.5, 0.6) is 17.2 Å². The average Bonchev–Trinajstić information content (AvgIpc) is 2.67. The lowest BCUT2D eigenvalue weighted by atomic mass is 10.0. The first kappa shape index (κ1) is 23.9. The number of nitrogens with zero attached hydrogens (tertiary/aromatic N) is 1. The maximum absolute atomic E-state index is 6.04. The maximum atomic E-state index is 6.04. The van der Waals surface area contributed by atoms with Crippen molar-refractivity contribution in [1.29, 1.82) is 0 Å². The number of ether oxygens (including phenoxy) is 3. The number of rotatable bonds is 8. The Morgan fingerprint density at radius 3 is 2.21 bits per heavy atom. The number of hydrogen-bond acceptors (Lipinski definition) is 4. The molecule has 154 valence electrons. The zero-order valence-electron chi connectivity index (χ0n) is 17.1. The molecule has 0 aliphatic rings. The first-order valence-electron chi connectivity index (χ1n) is 8.94. The summed E-state index contributed by atoms with van der Waals surface area (Å²) in [5.74, 6) is 2.93. The Hall–Kier alpha value is -2.16. The molecule has 28 heavy (non-hydrogen) atoms. The van der Waals surface area contributed by atoms with Crippen LogP contribution < -0.4 is 25.3 Å². The topological polar surface area (TPSA) is 78.1 Å². The standard InChI is InChI=1S/C21H29N3O3.HI/c1-14(2)15-7-6-8-16(11-15)24-21(22)23-10-9-18-19(26-4)12-17(25-3)13-20(18)27-5;/h6-8,11-14H,9-10H2,1-5H3,(H3,22,23,24);1H. The summed E-state index contributed by atoms with van der Waals surface area (Å²) < 4.78 is 16.2. The largest absolute Gasteiger partial charge is 0.496 e. The minimum atomic E-state index is 0. The fraction of sp³-hybridized carbons (Fsp3) is 0.381. The Balaban J connectivity index is 0.00000392. The molecule has 0 saturated heterocycles. The minimum Gasteiger partial charge on any atom is -0.496 e. The Labute approximate surface area is 184 Å². The second-order valence-electron chi connectivity index (χ2n) is 6.43. The Kier molecular flexibility index (Phi) is 9.92. The molecule has 0 fully saturated rings. The van der Waals surface area contributed by atoms with E-state index in [4.69, 9.17) is 19.9 Å². The molecule has 2 aromatic carbocycles. The van der Waals surface area contributed by atoms with Gasteiger partial charge in [0.05, 0.1) is 21.3 Å². The summed E-state index contributed by atoms with van der Waals surface area (Å²) in [4.78, 5) is 4.42. The molecule has 0 radical (unpaired) electrons. The van der Waals surface area contributed by atoms with Crippen LogP contribution in [-0.2, 0) is 6.42 Å². The molecule has 7 heteroatoms. The highest BCUT2D eigenvalue weighted by Gasteiger charge is 2.13. The van der Waals surface area contributed by atoms with Crippen LogP contribution in [-0.4, -0.2) is 33.8 Å². The van der Waals surface area contributed by atoms with E-state index in [0.717, 1.165) is 11.3 Å². The van der Waals surface area contributed by atoms with Crippen LogP contribution >= 0.6 is 24.0 Å². The molecule has 6 nitrogen and oxygen atoms in total. The van der Waals surface area contributed by atoms with Crippen LogP contribution in [0.4, 0.5) is 5.69 Å². The van der Waals surface area contributed by atoms with Gasteiger partial charge >= 0.3 is 0 Å². The molecule has 0 amide bonds. The highest BCUT2D eigenvalue weighted by Crippen LogP contribution is 2.34. The van der Waals surface area contributed by atoms with Crippen molar-refractivity contribution in [3.05, 3.63) is 47.5 Å². The average molecular weight is 499 g/mol. The number of nitrogens with two attached hydrogens (primary N) is 1. The quantitative estimate of drug-likeness (QED) is 0.320. The maximum Gasteiger partial charge on any atom is 0.193 e. The number of nitrogens with one attached hydrogen (secondary N) is 1. The second-order valence-corrected chi connectivity index (χ2v) is 6.43. The lowest BCUT2D eigenvalue weighted by Crippen LogP contribution is -2.23. The summed E-state index contributed by atoms with van der Waals surface area (Å²) >= 11 is 0. The molecular formula is C21H30IN3O3. The monoisotopic (exact) mass is 499 g/mol. The van der Waals surface area contributed by atoms with Gasteiger partial charge in [0.2, 0.25) is 0 Å². The van der Waals surface area contributed by atoms with Gasteiger partial charge in [0.1, 0.15) is 17.2 Å². The van der Waals surface area contributed by atoms with Gasteiger partial charge in [0.25, 0.3) is 0 Å². The predicted octanol–water partition coefficient (Wildman–Crippen LogP) is 4.42. The number of anilines is 1. The molecule has 0 aromatic heterocycles. The lowest BCUT2D eigenvalue weighted by Gasteiger charge is -2.14. The highest BCUT2D eigenvalue weighted by molar-refractivity contribution is 14.0. The van der Waals surface area contributed by atoms with E-state index < -0.39 is 0 Å². The molecular weight excluding hydrogens is 469 g/mol. The molecule has 3 N–H and O–H groups in total. The normalized spacial score (nSPS) is 11.0. The molecule has 0 heterocycles. The number of guanidine groups is 1. The zero-order chi connectivity index (χ0) is 19.8. The second kappa shape index (κ2) is 11.6. The molecule has 0 atom stereocenters. The van der Waals surface area contributed by atoms with Gasteiger partial charge < -0.3 is 25.3 Å². The fourth-order valence-electron chi connectivity index (χ4n) is 2.78. The van der Waals surface area contributed by atoms with Crippen molar-refractivity contribution < 1.29 is 14.2 Å². The highest BCUT2D eigenvalue weighted by atomic mass is 127. The Morgan fingerprint density at radius 2 is 1.68 bits per heavy atom. The third-order valence-electron chi connectivity index (χ3n) is 4.29. The van der Waals surface area contributed by atoms with Gasteiger partial charge in [0, 0.05) is 29.9 Å². The van der Waals surface area contributed by atoms with Gasteiger partial charge in [-0.2, -0.15) is 0 Å². The summed E-state index contributed by atoms with van der Waals surface area (Å²) in [5.41, 5.74) is 9.15. The molecule has 0 unspecified atom stereocenters. The molecule has 0 saturated carbocycles. The van der Waals surface area contributed by atoms with Crippen LogP contribution in [0.1, 0.15) is 30.9 Å². The van der Waals surface area contributed by atoms with E-state index in [2.05, 4.69) is 36.3 Å². The van der Waals surface area contributed by atoms with E-state index in [0.29, 0.717) is 42.1 Å². The van der Waals surface area contributed by atoms with Gasteiger partial charge in [-0.25, -0.2) is 0 Å². The van der Waals surface area contributed by atoms with Gasteiger partial charge in [-0.15, -0.1) is 24.0 Å². The van der Waals surface area contributed by atoms with Crippen molar-refractivity contribution >= 4 is 35.6 Å². The van der Waals surface area contributed by atoms with Gasteiger partial charge in [-0.3, -0.25) is 4.99 Å². The first-order valence-corrected chi connectivity index (χ1v) is 8.94. The first-order chi connectivity index (χ1) is 13.0. The third-order valence-corrected chi connectivity index (χ3v) is 4.29. The molecule has 2 aromatic rings. The predicted molar refractivity (Wildman–Crippen MR) is 126 cm³/mol. The van der Waals surface area contributed by atoms with Crippen molar-refractivity contribution in [2.24, 2.45) is 10.7 Å². The van der Waals surface area contributed by atoms with E-state index in [1.165, 1.54) is 5.56 Å². The van der Waals surface area contributed by atoms with E-state index in [-0.39, 0.29) is 24.0 Å². The van der Waals surface area contributed by atoms with Gasteiger partial charge in [-0.1, -0.05) is 26.0 Å². The van der Waals surface area contributed by atoms with Crippen LogP contribution in [0.2, 0.25) is 0 Å². The molecule has 0 spiro atoms. The summed E-state index contributed by atoms with van der Waals surface area (Å²) in [6.45, 7) is 4.82. The van der Waals surface area contributed by atoms with E-state index >= 15 is 0 Å². The lowest BCUT2D eigenvalue weighted by molar-refractivity contribution is 0.369. The smallest absolute Gasteiger partial charge is 0.193 e. The third kappa shape index (κ3) is 6.47. The van der Waals surface area contributed by atoms with Crippen molar-refractivity contribution in [2.45, 2.75) is 26.2 Å². The van der Waals surface area contributed by atoms with E-state index in [1.54, 1.807) is 21.3 Å². The van der Waals surface area contributed by atoms with Gasteiger partial charge in [-0.05, 0) is 30.0 Å². The van der Waals surface area contributed by atoms with Crippen molar-refractivity contribution in [3.63, 3.8) is 0 Å². The summed E-state index contributed by atoms with van der Waals surface area (Å²) in [6, 6.07) is 11.8. The molecule has 0 bridgehead atoms. The van der Waals surface area contributed by atoms with Crippen molar-refractivity contribution in [1.82, 2.24) is 0 Å². The summed E-state index contributed by atoms with van der Waals surface area (Å²) in [6.07, 6.45) is 0.630. The van der Waals surface area contributed by atoms with E-state index in [1.807, 2.05) is 24.3 Å². The van der Waals surface area contributed by atoms with Crippen molar-refractivity contribution in [3.8, 4) is 17.2 Å². The minimum absolute atomic E-state index is 0. The van der Waals surface area contributed by atoms with E-state index in [9.17, 15) is 0 Å². The van der Waals surface area contributed by atoms with Crippen LogP contribution in [0.3, 0.4) is 0 Å². The number of hydrogen-bond donors (Lipinski definition) is 2. The molecule has 0 aliphatic heterocycles. The van der Waals surface area contributed by atoms with Gasteiger partial charge in [0.15, 0.2) is 5.96 Å². The van der Waals surface area contributed by atoms with Crippen LogP contribution in [0.25, 0.3) is 0 Å². The number of methoxy groups -OCH3 is 3. The number of halogens is 1. The SMILES string of the molecule is COc1cc(OC)c(CCN=C(N)Nc2cccc(C(C)C)c2)c(OC)c1.I. The Morgan fingerprint density at radius 1 is 1.04 bits per heavy atom. The zero-order valence-corrected chi connectivity index (χ0v) is 19.4.